The van der Waals surface area contributed by atoms with Crippen LogP contribution < -0.4 is 4.90 Å². The Hall–Kier alpha value is -2.18. The summed E-state index contributed by atoms with van der Waals surface area (Å²) in [6.07, 6.45) is 1.57. The lowest BCUT2D eigenvalue weighted by Crippen LogP contribution is -2.66. The van der Waals surface area contributed by atoms with Gasteiger partial charge in [-0.25, -0.2) is 9.97 Å². The monoisotopic (exact) mass is 303 g/mol. The van der Waals surface area contributed by atoms with Gasteiger partial charge in [-0.05, 0) is 5.92 Å². The van der Waals surface area contributed by atoms with E-state index >= 15 is 0 Å². The first kappa shape index (κ1) is 14.7. The number of hydrogen-bond acceptors (Lipinski definition) is 5. The highest BCUT2D eigenvalue weighted by atomic mass is 16.2. The molecule has 0 spiro atoms. The Morgan fingerprint density at radius 3 is 2.73 bits per heavy atom. The zero-order chi connectivity index (χ0) is 15.9. The Morgan fingerprint density at radius 2 is 2.00 bits per heavy atom. The van der Waals surface area contributed by atoms with Gasteiger partial charge in [-0.1, -0.05) is 13.8 Å². The standard InChI is InChI=1S/C15H21N5O2/c1-10(2)11-6-13(17-9-16-11)19-4-5-20-12(7-19)15(22)18(3)8-14(20)21/h6,9-10,12H,4-5,7-8H2,1-3H3. The van der Waals surface area contributed by atoms with Crippen molar-refractivity contribution in [1.29, 1.82) is 0 Å². The molecule has 0 radical (unpaired) electrons. The summed E-state index contributed by atoms with van der Waals surface area (Å²) in [6.45, 7) is 6.09. The van der Waals surface area contributed by atoms with E-state index in [9.17, 15) is 9.59 Å². The first-order valence-corrected chi connectivity index (χ1v) is 7.58. The number of rotatable bonds is 2. The van der Waals surface area contributed by atoms with Crippen molar-refractivity contribution in [1.82, 2.24) is 19.8 Å². The number of fused-ring (bicyclic) bond motifs is 1. The number of carbonyl (C=O) groups is 2. The molecule has 1 unspecified atom stereocenters. The van der Waals surface area contributed by atoms with Crippen LogP contribution in [-0.2, 0) is 9.59 Å². The van der Waals surface area contributed by atoms with E-state index in [1.165, 1.54) is 4.90 Å². The molecule has 1 aromatic rings. The van der Waals surface area contributed by atoms with Gasteiger partial charge in [0.05, 0.1) is 6.54 Å². The Bertz CT molecular complexity index is 603. The average molecular weight is 303 g/mol. The largest absolute Gasteiger partial charge is 0.352 e. The molecule has 0 aromatic carbocycles. The first-order valence-electron chi connectivity index (χ1n) is 7.58. The van der Waals surface area contributed by atoms with Gasteiger partial charge in [0.25, 0.3) is 0 Å². The molecule has 7 heteroatoms. The van der Waals surface area contributed by atoms with Gasteiger partial charge in [-0.15, -0.1) is 0 Å². The number of aromatic nitrogens is 2. The first-order chi connectivity index (χ1) is 10.5. The molecule has 0 saturated carbocycles. The smallest absolute Gasteiger partial charge is 0.247 e. The van der Waals surface area contributed by atoms with Crippen molar-refractivity contribution in [2.75, 3.05) is 38.1 Å². The molecule has 2 amide bonds. The lowest BCUT2D eigenvalue weighted by molar-refractivity contribution is -0.154. The SMILES string of the molecule is CC(C)c1cc(N2CCN3C(=O)CN(C)C(=O)C3C2)ncn1. The summed E-state index contributed by atoms with van der Waals surface area (Å²) in [5.41, 5.74) is 0.982. The van der Waals surface area contributed by atoms with Crippen LogP contribution in [0.3, 0.4) is 0 Å². The molecule has 3 rings (SSSR count). The van der Waals surface area contributed by atoms with Crippen LogP contribution in [0.15, 0.2) is 12.4 Å². The molecule has 7 nitrogen and oxygen atoms in total. The number of likely N-dealkylation sites (N-methyl/N-ethyl adjacent to an activating group) is 1. The van der Waals surface area contributed by atoms with Gasteiger partial charge < -0.3 is 14.7 Å². The van der Waals surface area contributed by atoms with Crippen molar-refractivity contribution >= 4 is 17.6 Å². The number of amides is 2. The van der Waals surface area contributed by atoms with Gasteiger partial charge >= 0.3 is 0 Å². The Balaban J connectivity index is 1.82. The second-order valence-electron chi connectivity index (χ2n) is 6.20. The van der Waals surface area contributed by atoms with Crippen molar-refractivity contribution in [2.24, 2.45) is 0 Å². The lowest BCUT2D eigenvalue weighted by Gasteiger charge is -2.45. The number of anilines is 1. The summed E-state index contributed by atoms with van der Waals surface area (Å²) in [5, 5.41) is 0. The van der Waals surface area contributed by atoms with E-state index in [4.69, 9.17) is 0 Å². The predicted molar refractivity (Wildman–Crippen MR) is 81.5 cm³/mol. The number of hydrogen-bond donors (Lipinski definition) is 0. The maximum absolute atomic E-state index is 12.3. The Kier molecular flexibility index (Phi) is 3.72. The highest BCUT2D eigenvalue weighted by Crippen LogP contribution is 2.22. The number of piperazine rings is 2. The molecule has 0 aliphatic carbocycles. The molecule has 0 N–H and O–H groups in total. The molecule has 22 heavy (non-hydrogen) atoms. The van der Waals surface area contributed by atoms with E-state index in [0.29, 0.717) is 25.6 Å². The van der Waals surface area contributed by atoms with Gasteiger partial charge in [0.15, 0.2) is 0 Å². The molecule has 0 bridgehead atoms. The van der Waals surface area contributed by atoms with Crippen molar-refractivity contribution in [3.05, 3.63) is 18.1 Å². The van der Waals surface area contributed by atoms with Crippen molar-refractivity contribution in [2.45, 2.75) is 25.8 Å². The maximum atomic E-state index is 12.3. The van der Waals surface area contributed by atoms with Crippen LogP contribution in [0.1, 0.15) is 25.5 Å². The van der Waals surface area contributed by atoms with Gasteiger partial charge in [0.2, 0.25) is 11.8 Å². The molecule has 3 heterocycles. The van der Waals surface area contributed by atoms with Crippen LogP contribution in [-0.4, -0.2) is 70.9 Å². The van der Waals surface area contributed by atoms with Gasteiger partial charge in [0, 0.05) is 38.4 Å². The third-order valence-corrected chi connectivity index (χ3v) is 4.32. The molecule has 2 aliphatic heterocycles. The summed E-state index contributed by atoms with van der Waals surface area (Å²) in [4.78, 5) is 38.3. The van der Waals surface area contributed by atoms with E-state index < -0.39 is 6.04 Å². The van der Waals surface area contributed by atoms with Crippen LogP contribution >= 0.6 is 0 Å². The summed E-state index contributed by atoms with van der Waals surface area (Å²) in [7, 11) is 1.68. The van der Waals surface area contributed by atoms with Crippen LogP contribution in [0, 0.1) is 0 Å². The minimum absolute atomic E-state index is 0.00226. The fourth-order valence-electron chi connectivity index (χ4n) is 2.98. The number of nitrogens with zero attached hydrogens (tertiary/aromatic N) is 5. The fraction of sp³-hybridized carbons (Fsp3) is 0.600. The highest BCUT2D eigenvalue weighted by Gasteiger charge is 2.41. The predicted octanol–water partition coefficient (Wildman–Crippen LogP) is 0.0892. The second kappa shape index (κ2) is 5.55. The van der Waals surface area contributed by atoms with E-state index in [1.807, 2.05) is 6.07 Å². The van der Waals surface area contributed by atoms with E-state index in [2.05, 4.69) is 28.7 Å². The molecule has 2 aliphatic rings. The third-order valence-electron chi connectivity index (χ3n) is 4.32. The Morgan fingerprint density at radius 1 is 1.23 bits per heavy atom. The molecule has 1 atom stereocenters. The van der Waals surface area contributed by atoms with E-state index in [0.717, 1.165) is 11.5 Å². The normalized spacial score (nSPS) is 22.4. The van der Waals surface area contributed by atoms with Crippen LogP contribution in [0.4, 0.5) is 5.82 Å². The second-order valence-corrected chi connectivity index (χ2v) is 6.20. The third kappa shape index (κ3) is 2.51. The molecule has 1 aromatic heterocycles. The zero-order valence-electron chi connectivity index (χ0n) is 13.2. The van der Waals surface area contributed by atoms with E-state index in [-0.39, 0.29) is 18.4 Å². The summed E-state index contributed by atoms with van der Waals surface area (Å²) >= 11 is 0. The summed E-state index contributed by atoms with van der Waals surface area (Å²) in [5.74, 6) is 1.18. The fourth-order valence-corrected chi connectivity index (χ4v) is 2.98. The van der Waals surface area contributed by atoms with E-state index in [1.54, 1.807) is 18.3 Å². The minimum atomic E-state index is -0.405. The number of carbonyl (C=O) groups excluding carboxylic acids is 2. The highest BCUT2D eigenvalue weighted by molar-refractivity contribution is 5.95. The summed E-state index contributed by atoms with van der Waals surface area (Å²) < 4.78 is 0. The quantitative estimate of drug-likeness (QED) is 0.774. The topological polar surface area (TPSA) is 69.6 Å². The zero-order valence-corrected chi connectivity index (χ0v) is 13.2. The van der Waals surface area contributed by atoms with Crippen LogP contribution in [0.25, 0.3) is 0 Å². The minimum Gasteiger partial charge on any atom is -0.352 e. The lowest BCUT2D eigenvalue weighted by atomic mass is 10.1. The van der Waals surface area contributed by atoms with Crippen molar-refractivity contribution in [3.8, 4) is 0 Å². The van der Waals surface area contributed by atoms with Crippen molar-refractivity contribution in [3.63, 3.8) is 0 Å². The van der Waals surface area contributed by atoms with Crippen molar-refractivity contribution < 1.29 is 9.59 Å². The van der Waals surface area contributed by atoms with Gasteiger partial charge in [-0.2, -0.15) is 0 Å². The van der Waals surface area contributed by atoms with Crippen LogP contribution in [0.2, 0.25) is 0 Å². The maximum Gasteiger partial charge on any atom is 0.247 e. The molecular formula is C15H21N5O2. The van der Waals surface area contributed by atoms with Gasteiger partial charge in [0.1, 0.15) is 18.2 Å². The molecule has 118 valence electrons. The van der Waals surface area contributed by atoms with Gasteiger partial charge in [-0.3, -0.25) is 9.59 Å². The molecule has 2 saturated heterocycles. The van der Waals surface area contributed by atoms with Crippen LogP contribution in [0.5, 0.6) is 0 Å². The molecular weight excluding hydrogens is 282 g/mol. The average Bonchev–Trinajstić information content (AvgIpc) is 2.52. The summed E-state index contributed by atoms with van der Waals surface area (Å²) in [6, 6.07) is 1.57. The molecule has 2 fully saturated rings. The Labute approximate surface area is 129 Å².